The highest BCUT2D eigenvalue weighted by molar-refractivity contribution is 6.36. The van der Waals surface area contributed by atoms with Crippen molar-refractivity contribution in [3.63, 3.8) is 0 Å². The van der Waals surface area contributed by atoms with Crippen LogP contribution in [0.15, 0.2) is 42.5 Å². The number of carbonyl (C=O) groups excluding carboxylic acids is 4. The van der Waals surface area contributed by atoms with Gasteiger partial charge in [-0.05, 0) is 43.5 Å². The van der Waals surface area contributed by atoms with Crippen LogP contribution in [0, 0.1) is 5.92 Å². The van der Waals surface area contributed by atoms with Gasteiger partial charge in [0.2, 0.25) is 11.8 Å². The Balaban J connectivity index is 1.71. The SMILES string of the molecule is CC(C)CNC(=O)[C@@H](C)N(Cc1c(Cl)cccc1Cl)C(=O)CCCN1C(=O)c2ccccc2C1=O. The molecule has 0 aromatic heterocycles. The van der Waals surface area contributed by atoms with Gasteiger partial charge in [-0.25, -0.2) is 0 Å². The van der Waals surface area contributed by atoms with Gasteiger partial charge in [-0.1, -0.05) is 55.2 Å². The Morgan fingerprint density at radius 3 is 2.06 bits per heavy atom. The third-order valence-electron chi connectivity index (χ3n) is 5.89. The predicted molar refractivity (Wildman–Crippen MR) is 135 cm³/mol. The first-order chi connectivity index (χ1) is 16.6. The van der Waals surface area contributed by atoms with Gasteiger partial charge in [-0.3, -0.25) is 24.1 Å². The van der Waals surface area contributed by atoms with Crippen LogP contribution in [-0.4, -0.2) is 52.6 Å². The van der Waals surface area contributed by atoms with Gasteiger partial charge in [0.25, 0.3) is 11.8 Å². The third kappa shape index (κ3) is 6.21. The van der Waals surface area contributed by atoms with Crippen LogP contribution in [0.4, 0.5) is 0 Å². The molecule has 186 valence electrons. The minimum absolute atomic E-state index is 0.0390. The van der Waals surface area contributed by atoms with Gasteiger partial charge in [-0.2, -0.15) is 0 Å². The number of fused-ring (bicyclic) bond motifs is 1. The molecule has 7 nitrogen and oxygen atoms in total. The fourth-order valence-electron chi connectivity index (χ4n) is 3.86. The molecule has 1 heterocycles. The van der Waals surface area contributed by atoms with Gasteiger partial charge >= 0.3 is 0 Å². The molecule has 0 saturated heterocycles. The van der Waals surface area contributed by atoms with Gasteiger partial charge in [0.05, 0.1) is 11.1 Å². The number of carbonyl (C=O) groups is 4. The second kappa shape index (κ2) is 11.7. The number of rotatable bonds is 10. The van der Waals surface area contributed by atoms with Gasteiger partial charge in [-0.15, -0.1) is 0 Å². The maximum atomic E-state index is 13.3. The van der Waals surface area contributed by atoms with Crippen molar-refractivity contribution in [2.24, 2.45) is 5.92 Å². The molecule has 0 aliphatic carbocycles. The Kier molecular flexibility index (Phi) is 8.92. The van der Waals surface area contributed by atoms with Crippen LogP contribution in [0.2, 0.25) is 10.0 Å². The molecule has 1 aliphatic heterocycles. The first-order valence-electron chi connectivity index (χ1n) is 11.6. The Bertz CT molecular complexity index is 1080. The van der Waals surface area contributed by atoms with Crippen molar-refractivity contribution in [1.82, 2.24) is 15.1 Å². The van der Waals surface area contributed by atoms with Crippen molar-refractivity contribution in [2.45, 2.75) is 46.2 Å². The number of nitrogens with one attached hydrogen (secondary N) is 1. The molecule has 35 heavy (non-hydrogen) atoms. The number of hydrogen-bond acceptors (Lipinski definition) is 4. The van der Waals surface area contributed by atoms with Crippen molar-refractivity contribution in [3.05, 3.63) is 69.2 Å². The number of nitrogens with zero attached hydrogens (tertiary/aromatic N) is 2. The van der Waals surface area contributed by atoms with E-state index in [9.17, 15) is 19.2 Å². The summed E-state index contributed by atoms with van der Waals surface area (Å²) >= 11 is 12.7. The Morgan fingerprint density at radius 2 is 1.51 bits per heavy atom. The molecule has 1 N–H and O–H groups in total. The molecule has 0 saturated carbocycles. The highest BCUT2D eigenvalue weighted by Gasteiger charge is 2.35. The molecule has 1 aliphatic rings. The minimum Gasteiger partial charge on any atom is -0.354 e. The molecule has 2 aromatic rings. The number of benzene rings is 2. The summed E-state index contributed by atoms with van der Waals surface area (Å²) in [6.07, 6.45) is 0.300. The topological polar surface area (TPSA) is 86.8 Å². The van der Waals surface area contributed by atoms with Gasteiger partial charge in [0.1, 0.15) is 6.04 Å². The van der Waals surface area contributed by atoms with Crippen LogP contribution in [-0.2, 0) is 16.1 Å². The van der Waals surface area contributed by atoms with E-state index in [4.69, 9.17) is 23.2 Å². The number of imide groups is 1. The van der Waals surface area contributed by atoms with Crippen LogP contribution in [0.3, 0.4) is 0 Å². The first-order valence-corrected chi connectivity index (χ1v) is 12.3. The molecule has 1 atom stereocenters. The van der Waals surface area contributed by atoms with Crippen LogP contribution < -0.4 is 5.32 Å². The van der Waals surface area contributed by atoms with E-state index in [1.807, 2.05) is 13.8 Å². The maximum Gasteiger partial charge on any atom is 0.261 e. The molecule has 4 amide bonds. The summed E-state index contributed by atoms with van der Waals surface area (Å²) in [5, 5.41) is 3.66. The molecule has 0 radical (unpaired) electrons. The minimum atomic E-state index is -0.770. The largest absolute Gasteiger partial charge is 0.354 e. The second-order valence-electron chi connectivity index (χ2n) is 8.95. The van der Waals surface area contributed by atoms with E-state index in [1.54, 1.807) is 49.4 Å². The standard InChI is InChI=1S/C26H29Cl2N3O4/c1-16(2)14-29-24(33)17(3)31(15-20-21(27)10-6-11-22(20)28)23(32)12-7-13-30-25(34)18-8-4-5-9-19(18)26(30)35/h4-6,8-11,16-17H,7,12-15H2,1-3H3,(H,29,33)/t17-/m1/s1. The van der Waals surface area contributed by atoms with Crippen molar-refractivity contribution < 1.29 is 19.2 Å². The van der Waals surface area contributed by atoms with Gasteiger partial charge in [0, 0.05) is 41.7 Å². The lowest BCUT2D eigenvalue weighted by Gasteiger charge is -2.30. The van der Waals surface area contributed by atoms with E-state index in [1.165, 1.54) is 4.90 Å². The highest BCUT2D eigenvalue weighted by Crippen LogP contribution is 2.27. The zero-order valence-electron chi connectivity index (χ0n) is 20.0. The van der Waals surface area contributed by atoms with E-state index >= 15 is 0 Å². The molecular formula is C26H29Cl2N3O4. The lowest BCUT2D eigenvalue weighted by atomic mass is 10.1. The quantitative estimate of drug-likeness (QED) is 0.468. The lowest BCUT2D eigenvalue weighted by molar-refractivity contribution is -0.140. The molecule has 0 bridgehead atoms. The fraction of sp³-hybridized carbons (Fsp3) is 0.385. The Labute approximate surface area is 215 Å². The average molecular weight is 518 g/mol. The van der Waals surface area contributed by atoms with Crippen LogP contribution in [0.5, 0.6) is 0 Å². The van der Waals surface area contributed by atoms with Crippen molar-refractivity contribution in [3.8, 4) is 0 Å². The lowest BCUT2D eigenvalue weighted by Crippen LogP contribution is -2.48. The van der Waals surface area contributed by atoms with Crippen LogP contribution in [0.25, 0.3) is 0 Å². The fourth-order valence-corrected chi connectivity index (χ4v) is 4.38. The smallest absolute Gasteiger partial charge is 0.261 e. The van der Waals surface area contributed by atoms with E-state index in [0.29, 0.717) is 33.3 Å². The van der Waals surface area contributed by atoms with Gasteiger partial charge < -0.3 is 10.2 Å². The molecular weight excluding hydrogens is 489 g/mol. The summed E-state index contributed by atoms with van der Waals surface area (Å²) in [4.78, 5) is 53.8. The summed E-state index contributed by atoms with van der Waals surface area (Å²) in [5.74, 6) is -1.05. The summed E-state index contributed by atoms with van der Waals surface area (Å²) in [7, 11) is 0. The maximum absolute atomic E-state index is 13.3. The van der Waals surface area contributed by atoms with Crippen molar-refractivity contribution >= 4 is 46.8 Å². The molecule has 0 spiro atoms. The van der Waals surface area contributed by atoms with E-state index < -0.39 is 6.04 Å². The summed E-state index contributed by atoms with van der Waals surface area (Å²) in [5.41, 5.74) is 1.29. The Hall–Kier alpha value is -2.90. The van der Waals surface area contributed by atoms with E-state index in [0.717, 1.165) is 4.90 Å². The zero-order valence-corrected chi connectivity index (χ0v) is 21.5. The number of amides is 4. The summed E-state index contributed by atoms with van der Waals surface area (Å²) in [6.45, 7) is 6.26. The van der Waals surface area contributed by atoms with E-state index in [2.05, 4.69) is 5.32 Å². The van der Waals surface area contributed by atoms with E-state index in [-0.39, 0.29) is 55.5 Å². The third-order valence-corrected chi connectivity index (χ3v) is 6.60. The number of halogens is 2. The summed E-state index contributed by atoms with van der Waals surface area (Å²) < 4.78 is 0. The van der Waals surface area contributed by atoms with Crippen LogP contribution in [0.1, 0.15) is 59.9 Å². The highest BCUT2D eigenvalue weighted by atomic mass is 35.5. The average Bonchev–Trinajstić information content (AvgIpc) is 3.07. The zero-order chi connectivity index (χ0) is 25.7. The molecule has 0 fully saturated rings. The Morgan fingerprint density at radius 1 is 0.943 bits per heavy atom. The predicted octanol–water partition coefficient (Wildman–Crippen LogP) is 4.56. The van der Waals surface area contributed by atoms with Gasteiger partial charge in [0.15, 0.2) is 0 Å². The second-order valence-corrected chi connectivity index (χ2v) is 9.76. The molecule has 9 heteroatoms. The van der Waals surface area contributed by atoms with Crippen molar-refractivity contribution in [1.29, 1.82) is 0 Å². The normalized spacial score (nSPS) is 13.7. The first kappa shape index (κ1) is 26.7. The summed E-state index contributed by atoms with van der Waals surface area (Å²) in [6, 6.07) is 10.9. The number of hydrogen-bond donors (Lipinski definition) is 1. The molecule has 3 rings (SSSR count). The van der Waals surface area contributed by atoms with Crippen molar-refractivity contribution in [2.75, 3.05) is 13.1 Å². The monoisotopic (exact) mass is 517 g/mol. The molecule has 2 aromatic carbocycles. The molecule has 0 unspecified atom stereocenters. The van der Waals surface area contributed by atoms with Crippen LogP contribution >= 0.6 is 23.2 Å².